The fourth-order valence-electron chi connectivity index (χ4n) is 1.82. The van der Waals surface area contributed by atoms with Crippen LogP contribution < -0.4 is 10.6 Å². The van der Waals surface area contributed by atoms with Crippen LogP contribution in [0.3, 0.4) is 0 Å². The first-order valence-corrected chi connectivity index (χ1v) is 6.65. The van der Waals surface area contributed by atoms with Gasteiger partial charge in [-0.05, 0) is 25.1 Å². The molecule has 2 rings (SSSR count). The molecule has 0 aliphatic carbocycles. The minimum Gasteiger partial charge on any atom is -0.348 e. The van der Waals surface area contributed by atoms with Gasteiger partial charge in [-0.2, -0.15) is 0 Å². The first-order chi connectivity index (χ1) is 9.08. The minimum absolute atomic E-state index is 0.0948. The summed E-state index contributed by atoms with van der Waals surface area (Å²) in [6, 6.07) is 2.29. The van der Waals surface area contributed by atoms with Crippen molar-refractivity contribution in [2.75, 3.05) is 19.6 Å². The fourth-order valence-corrected chi connectivity index (χ4v) is 2.28. The molecule has 6 heteroatoms. The zero-order valence-corrected chi connectivity index (χ0v) is 11.6. The molecule has 0 spiro atoms. The van der Waals surface area contributed by atoms with Crippen LogP contribution in [0.2, 0.25) is 10.0 Å². The summed E-state index contributed by atoms with van der Waals surface area (Å²) in [6.07, 6.45) is 2.93. The Kier molecular flexibility index (Phi) is 4.80. The van der Waals surface area contributed by atoms with Crippen LogP contribution in [0.4, 0.5) is 4.39 Å². The Labute approximate surface area is 120 Å². The zero-order chi connectivity index (χ0) is 13.8. The first-order valence-electron chi connectivity index (χ1n) is 5.89. The molecule has 1 aromatic carbocycles. The molecular weight excluding hydrogens is 290 g/mol. The topological polar surface area (TPSA) is 41.1 Å². The van der Waals surface area contributed by atoms with Gasteiger partial charge in [0.05, 0.1) is 15.6 Å². The number of amides is 1. The highest BCUT2D eigenvalue weighted by molar-refractivity contribution is 6.36. The monoisotopic (exact) mass is 302 g/mol. The number of carbonyl (C=O) groups is 1. The Bertz CT molecular complexity index is 532. The molecule has 0 atom stereocenters. The van der Waals surface area contributed by atoms with E-state index in [2.05, 4.69) is 10.6 Å². The van der Waals surface area contributed by atoms with Crippen LogP contribution in [0, 0.1) is 5.82 Å². The summed E-state index contributed by atoms with van der Waals surface area (Å²) in [5.74, 6) is -1.06. The molecular formula is C13H13Cl2FN2O. The van der Waals surface area contributed by atoms with E-state index in [-0.39, 0.29) is 15.6 Å². The Morgan fingerprint density at radius 2 is 2.16 bits per heavy atom. The maximum Gasteiger partial charge on any atom is 0.253 e. The molecule has 1 amide bonds. The molecule has 0 fully saturated rings. The Morgan fingerprint density at radius 1 is 1.37 bits per heavy atom. The highest BCUT2D eigenvalue weighted by Gasteiger charge is 2.14. The van der Waals surface area contributed by atoms with Crippen molar-refractivity contribution in [1.29, 1.82) is 0 Å². The van der Waals surface area contributed by atoms with E-state index >= 15 is 0 Å². The summed E-state index contributed by atoms with van der Waals surface area (Å²) in [4.78, 5) is 11.9. The molecule has 2 N–H and O–H groups in total. The molecule has 0 saturated carbocycles. The maximum absolute atomic E-state index is 13.3. The van der Waals surface area contributed by atoms with Gasteiger partial charge in [0, 0.05) is 13.1 Å². The Balaban J connectivity index is 2.03. The van der Waals surface area contributed by atoms with Gasteiger partial charge in [0.15, 0.2) is 0 Å². The van der Waals surface area contributed by atoms with Crippen LogP contribution in [0.15, 0.2) is 23.8 Å². The predicted molar refractivity (Wildman–Crippen MR) is 74.3 cm³/mol. The van der Waals surface area contributed by atoms with Crippen molar-refractivity contribution in [2.45, 2.75) is 6.42 Å². The molecule has 1 aromatic rings. The van der Waals surface area contributed by atoms with Gasteiger partial charge in [-0.15, -0.1) is 0 Å². The molecule has 1 heterocycles. The molecule has 0 aromatic heterocycles. The third-order valence-electron chi connectivity index (χ3n) is 2.89. The maximum atomic E-state index is 13.3. The average molecular weight is 303 g/mol. The van der Waals surface area contributed by atoms with Crippen molar-refractivity contribution in [3.63, 3.8) is 0 Å². The van der Waals surface area contributed by atoms with E-state index in [0.29, 0.717) is 6.54 Å². The SMILES string of the molecule is O=C(NCC1=CCNCC1)c1cc(F)c(Cl)cc1Cl. The van der Waals surface area contributed by atoms with E-state index in [1.54, 1.807) is 0 Å². The van der Waals surface area contributed by atoms with E-state index < -0.39 is 11.7 Å². The molecule has 102 valence electrons. The largest absolute Gasteiger partial charge is 0.348 e. The van der Waals surface area contributed by atoms with Crippen molar-refractivity contribution in [2.24, 2.45) is 0 Å². The predicted octanol–water partition coefficient (Wildman–Crippen LogP) is 2.78. The molecule has 1 aliphatic rings. The van der Waals surface area contributed by atoms with Crippen molar-refractivity contribution in [1.82, 2.24) is 10.6 Å². The minimum atomic E-state index is -0.655. The second-order valence-electron chi connectivity index (χ2n) is 4.25. The van der Waals surface area contributed by atoms with Gasteiger partial charge in [-0.3, -0.25) is 4.79 Å². The normalized spacial score (nSPS) is 15.0. The lowest BCUT2D eigenvalue weighted by atomic mass is 10.1. The summed E-state index contributed by atoms with van der Waals surface area (Å²) in [5, 5.41) is 5.96. The van der Waals surface area contributed by atoms with Gasteiger partial charge < -0.3 is 10.6 Å². The van der Waals surface area contributed by atoms with Gasteiger partial charge in [-0.1, -0.05) is 34.9 Å². The second kappa shape index (κ2) is 6.37. The van der Waals surface area contributed by atoms with Gasteiger partial charge in [0.25, 0.3) is 5.91 Å². The van der Waals surface area contributed by atoms with Crippen LogP contribution in [-0.4, -0.2) is 25.5 Å². The second-order valence-corrected chi connectivity index (χ2v) is 5.06. The number of halogens is 3. The number of benzene rings is 1. The molecule has 0 saturated heterocycles. The standard InChI is InChI=1S/C13H13Cl2FN2O/c14-10-6-11(15)12(16)5-9(10)13(19)18-7-8-1-3-17-4-2-8/h1,5-6,17H,2-4,7H2,(H,18,19). The Hall–Kier alpha value is -1.10. The van der Waals surface area contributed by atoms with Crippen LogP contribution >= 0.6 is 23.2 Å². The van der Waals surface area contributed by atoms with E-state index in [1.807, 2.05) is 6.08 Å². The fraction of sp³-hybridized carbons (Fsp3) is 0.308. The van der Waals surface area contributed by atoms with E-state index in [9.17, 15) is 9.18 Å². The Morgan fingerprint density at radius 3 is 2.84 bits per heavy atom. The average Bonchev–Trinajstić information content (AvgIpc) is 2.41. The van der Waals surface area contributed by atoms with Gasteiger partial charge in [0.1, 0.15) is 5.82 Å². The first kappa shape index (κ1) is 14.3. The number of rotatable bonds is 3. The molecule has 1 aliphatic heterocycles. The van der Waals surface area contributed by atoms with Crippen molar-refractivity contribution in [3.8, 4) is 0 Å². The lowest BCUT2D eigenvalue weighted by Crippen LogP contribution is -2.29. The van der Waals surface area contributed by atoms with Crippen molar-refractivity contribution in [3.05, 3.63) is 45.2 Å². The quantitative estimate of drug-likeness (QED) is 0.666. The summed E-state index contributed by atoms with van der Waals surface area (Å²) >= 11 is 11.5. The number of carbonyl (C=O) groups excluding carboxylic acids is 1. The number of nitrogens with one attached hydrogen (secondary N) is 2. The third-order valence-corrected chi connectivity index (χ3v) is 3.49. The van der Waals surface area contributed by atoms with Crippen LogP contribution in [0.1, 0.15) is 16.8 Å². The number of hydrogen-bond acceptors (Lipinski definition) is 2. The van der Waals surface area contributed by atoms with E-state index in [0.717, 1.165) is 31.1 Å². The van der Waals surface area contributed by atoms with E-state index in [4.69, 9.17) is 23.2 Å². The number of hydrogen-bond donors (Lipinski definition) is 2. The van der Waals surface area contributed by atoms with Crippen LogP contribution in [0.5, 0.6) is 0 Å². The highest BCUT2D eigenvalue weighted by atomic mass is 35.5. The van der Waals surface area contributed by atoms with Crippen LogP contribution in [0.25, 0.3) is 0 Å². The van der Waals surface area contributed by atoms with E-state index in [1.165, 1.54) is 6.07 Å². The molecule has 0 unspecified atom stereocenters. The van der Waals surface area contributed by atoms with Gasteiger partial charge >= 0.3 is 0 Å². The van der Waals surface area contributed by atoms with Gasteiger partial charge in [-0.25, -0.2) is 4.39 Å². The molecule has 19 heavy (non-hydrogen) atoms. The molecule has 3 nitrogen and oxygen atoms in total. The van der Waals surface area contributed by atoms with Crippen molar-refractivity contribution >= 4 is 29.1 Å². The summed E-state index contributed by atoms with van der Waals surface area (Å²) in [5.41, 5.74) is 1.25. The van der Waals surface area contributed by atoms with Crippen LogP contribution in [-0.2, 0) is 0 Å². The summed E-state index contributed by atoms with van der Waals surface area (Å²) < 4.78 is 13.3. The lowest BCUT2D eigenvalue weighted by molar-refractivity contribution is 0.0956. The molecule has 0 radical (unpaired) electrons. The molecule has 0 bridgehead atoms. The highest BCUT2D eigenvalue weighted by Crippen LogP contribution is 2.24. The smallest absolute Gasteiger partial charge is 0.253 e. The van der Waals surface area contributed by atoms with Gasteiger partial charge in [0.2, 0.25) is 0 Å². The summed E-state index contributed by atoms with van der Waals surface area (Å²) in [7, 11) is 0. The van der Waals surface area contributed by atoms with Crippen molar-refractivity contribution < 1.29 is 9.18 Å². The zero-order valence-electron chi connectivity index (χ0n) is 10.1. The lowest BCUT2D eigenvalue weighted by Gasteiger charge is -2.15. The summed E-state index contributed by atoms with van der Waals surface area (Å²) in [6.45, 7) is 2.15. The third kappa shape index (κ3) is 3.69.